The lowest BCUT2D eigenvalue weighted by Gasteiger charge is -2.09. The minimum atomic E-state index is 0.852. The summed E-state index contributed by atoms with van der Waals surface area (Å²) in [5.74, 6) is 0. The number of hydrogen-bond donors (Lipinski definition) is 2. The number of H-pyrrole nitrogens is 2. The summed E-state index contributed by atoms with van der Waals surface area (Å²) in [5, 5.41) is 15.2. The van der Waals surface area contributed by atoms with Gasteiger partial charge in [0.15, 0.2) is 0 Å². The summed E-state index contributed by atoms with van der Waals surface area (Å²) in [7, 11) is 0. The van der Waals surface area contributed by atoms with Crippen molar-refractivity contribution in [1.29, 1.82) is 0 Å². The Bertz CT molecular complexity index is 1660. The van der Waals surface area contributed by atoms with Crippen LogP contribution < -0.4 is 0 Å². The summed E-state index contributed by atoms with van der Waals surface area (Å²) in [6.45, 7) is 10.3. The maximum absolute atomic E-state index is 4.56. The van der Waals surface area contributed by atoms with Crippen LogP contribution in [0.1, 0.15) is 84.1 Å². The highest BCUT2D eigenvalue weighted by Gasteiger charge is 2.14. The molecule has 0 saturated carbocycles. The monoisotopic (exact) mass is 588 g/mol. The van der Waals surface area contributed by atoms with Crippen molar-refractivity contribution in [3.63, 3.8) is 0 Å². The van der Waals surface area contributed by atoms with E-state index in [2.05, 4.69) is 122 Å². The van der Waals surface area contributed by atoms with Gasteiger partial charge in [0.25, 0.3) is 0 Å². The quantitative estimate of drug-likeness (QED) is 0.166. The van der Waals surface area contributed by atoms with Gasteiger partial charge in [-0.15, -0.1) is 0 Å². The Labute approximate surface area is 260 Å². The Morgan fingerprint density at radius 3 is 1.77 bits per heavy atom. The molecule has 6 rings (SSSR count). The predicted molar refractivity (Wildman–Crippen MR) is 176 cm³/mol. The van der Waals surface area contributed by atoms with Gasteiger partial charge in [-0.3, -0.25) is 10.2 Å². The Kier molecular flexibility index (Phi) is 10.6. The molecule has 44 heavy (non-hydrogen) atoms. The molecule has 4 aromatic heterocycles. The standard InChI is InChI=1S/2C18H22N4/c1-3-17-16(18(4-2)21-20-17)10-15-11-19-13-22(15)12-14-8-6-5-7-9-14;1-3-17-16(18(4-2)21-20-17)10-15-12-22(13-19-15)11-14-8-6-5-7-9-14/h5-9,11,13H,3-4,10,12H2,1-2H3,(H,20,21);5-9,12-13H,3-4,10-11H2,1-2H3,(H,20,21). The molecule has 0 aliphatic carbocycles. The summed E-state index contributed by atoms with van der Waals surface area (Å²) in [4.78, 5) is 8.90. The van der Waals surface area contributed by atoms with Crippen LogP contribution in [0.4, 0.5) is 0 Å². The van der Waals surface area contributed by atoms with E-state index in [1.54, 1.807) is 0 Å². The maximum atomic E-state index is 4.56. The molecule has 8 nitrogen and oxygen atoms in total. The number of nitrogens with one attached hydrogen (secondary N) is 2. The molecule has 0 fully saturated rings. The summed E-state index contributed by atoms with van der Waals surface area (Å²) < 4.78 is 4.36. The molecule has 4 heterocycles. The fraction of sp³-hybridized carbons (Fsp3) is 0.333. The number of aryl methyl sites for hydroxylation is 4. The van der Waals surface area contributed by atoms with Crippen LogP contribution in [0.15, 0.2) is 85.7 Å². The lowest BCUT2D eigenvalue weighted by atomic mass is 10.0. The molecule has 0 radical (unpaired) electrons. The Hall–Kier alpha value is -4.72. The topological polar surface area (TPSA) is 93.0 Å². The van der Waals surface area contributed by atoms with E-state index in [9.17, 15) is 0 Å². The van der Waals surface area contributed by atoms with Gasteiger partial charge in [-0.2, -0.15) is 10.2 Å². The number of aromatic amines is 2. The second-order valence-electron chi connectivity index (χ2n) is 11.0. The Balaban J connectivity index is 0.000000175. The third kappa shape index (κ3) is 7.61. The van der Waals surface area contributed by atoms with Gasteiger partial charge in [0, 0.05) is 66.5 Å². The second-order valence-corrected chi connectivity index (χ2v) is 11.0. The molecular formula is C36H44N8. The predicted octanol–water partition coefficient (Wildman–Crippen LogP) is 6.74. The normalized spacial score (nSPS) is 11.0. The van der Waals surface area contributed by atoms with Crippen LogP contribution in [0.25, 0.3) is 0 Å². The van der Waals surface area contributed by atoms with Crippen molar-refractivity contribution in [1.82, 2.24) is 39.5 Å². The van der Waals surface area contributed by atoms with Crippen LogP contribution in [-0.4, -0.2) is 39.5 Å². The Morgan fingerprint density at radius 2 is 1.20 bits per heavy atom. The van der Waals surface area contributed by atoms with Crippen LogP contribution in [0.5, 0.6) is 0 Å². The minimum absolute atomic E-state index is 0.852. The van der Waals surface area contributed by atoms with E-state index in [-0.39, 0.29) is 0 Å². The van der Waals surface area contributed by atoms with Gasteiger partial charge in [0.1, 0.15) is 0 Å². The zero-order chi connectivity index (χ0) is 30.7. The first-order valence-electron chi connectivity index (χ1n) is 15.8. The number of rotatable bonds is 12. The first kappa shape index (κ1) is 30.7. The van der Waals surface area contributed by atoms with Gasteiger partial charge in [-0.05, 0) is 36.8 Å². The number of nitrogens with zero attached hydrogens (tertiary/aromatic N) is 6. The highest BCUT2D eigenvalue weighted by molar-refractivity contribution is 5.31. The molecule has 6 aromatic rings. The maximum Gasteiger partial charge on any atom is 0.0952 e. The zero-order valence-electron chi connectivity index (χ0n) is 26.4. The molecule has 2 N–H and O–H groups in total. The van der Waals surface area contributed by atoms with E-state index in [0.29, 0.717) is 0 Å². The van der Waals surface area contributed by atoms with Crippen LogP contribution in [-0.2, 0) is 51.6 Å². The SMILES string of the molecule is CCc1n[nH]c(CC)c1Cc1cn(Cc2ccccc2)cn1.CCc1n[nH]c(CC)c1Cc1cncn1Cc1ccccc1. The molecule has 0 atom stereocenters. The smallest absolute Gasteiger partial charge is 0.0952 e. The van der Waals surface area contributed by atoms with Crippen LogP contribution in [0.2, 0.25) is 0 Å². The summed E-state index contributed by atoms with van der Waals surface area (Å²) in [6, 6.07) is 21.0. The first-order valence-corrected chi connectivity index (χ1v) is 15.8. The van der Waals surface area contributed by atoms with Crippen LogP contribution in [0.3, 0.4) is 0 Å². The lowest BCUT2D eigenvalue weighted by Crippen LogP contribution is -2.05. The molecule has 0 spiro atoms. The van der Waals surface area contributed by atoms with E-state index in [0.717, 1.165) is 63.0 Å². The minimum Gasteiger partial charge on any atom is -0.333 e. The second kappa shape index (κ2) is 15.1. The summed E-state index contributed by atoms with van der Waals surface area (Å²) >= 11 is 0. The lowest BCUT2D eigenvalue weighted by molar-refractivity contribution is 0.750. The molecule has 0 saturated heterocycles. The number of imidazole rings is 2. The van der Waals surface area contributed by atoms with E-state index < -0.39 is 0 Å². The van der Waals surface area contributed by atoms with Crippen molar-refractivity contribution in [2.24, 2.45) is 0 Å². The largest absolute Gasteiger partial charge is 0.333 e. The van der Waals surface area contributed by atoms with E-state index >= 15 is 0 Å². The molecule has 0 amide bonds. The summed E-state index contributed by atoms with van der Waals surface area (Å²) in [6.07, 6.45) is 13.5. The molecule has 0 unspecified atom stereocenters. The van der Waals surface area contributed by atoms with Gasteiger partial charge < -0.3 is 9.13 Å². The molecular weight excluding hydrogens is 544 g/mol. The van der Waals surface area contributed by atoms with Crippen molar-refractivity contribution in [2.75, 3.05) is 0 Å². The van der Waals surface area contributed by atoms with Crippen molar-refractivity contribution in [3.8, 4) is 0 Å². The zero-order valence-corrected chi connectivity index (χ0v) is 26.4. The number of aromatic nitrogens is 8. The molecule has 0 aliphatic heterocycles. The molecule has 2 aromatic carbocycles. The van der Waals surface area contributed by atoms with Crippen molar-refractivity contribution in [2.45, 2.75) is 79.3 Å². The molecule has 0 aliphatic rings. The van der Waals surface area contributed by atoms with Gasteiger partial charge >= 0.3 is 0 Å². The fourth-order valence-electron chi connectivity index (χ4n) is 5.63. The molecule has 228 valence electrons. The van der Waals surface area contributed by atoms with E-state index in [4.69, 9.17) is 0 Å². The van der Waals surface area contributed by atoms with E-state index in [1.807, 2.05) is 31.0 Å². The van der Waals surface area contributed by atoms with Crippen LogP contribution >= 0.6 is 0 Å². The average Bonchev–Trinajstić information content (AvgIpc) is 3.87. The van der Waals surface area contributed by atoms with Gasteiger partial charge in [-0.1, -0.05) is 88.4 Å². The van der Waals surface area contributed by atoms with Crippen molar-refractivity contribution < 1.29 is 0 Å². The average molecular weight is 589 g/mol. The number of hydrogen-bond acceptors (Lipinski definition) is 4. The van der Waals surface area contributed by atoms with Gasteiger partial charge in [-0.25, -0.2) is 9.97 Å². The Morgan fingerprint density at radius 1 is 0.636 bits per heavy atom. The number of benzene rings is 2. The molecule has 8 heteroatoms. The summed E-state index contributed by atoms with van der Waals surface area (Å²) in [5.41, 5.74) is 12.4. The van der Waals surface area contributed by atoms with Crippen molar-refractivity contribution in [3.05, 3.63) is 142 Å². The third-order valence-corrected chi connectivity index (χ3v) is 8.06. The fourth-order valence-corrected chi connectivity index (χ4v) is 5.63. The van der Waals surface area contributed by atoms with Gasteiger partial charge in [0.05, 0.1) is 29.7 Å². The van der Waals surface area contributed by atoms with Crippen LogP contribution in [0, 0.1) is 0 Å². The third-order valence-electron chi connectivity index (χ3n) is 8.06. The van der Waals surface area contributed by atoms with Gasteiger partial charge in [0.2, 0.25) is 0 Å². The molecule has 0 bridgehead atoms. The highest BCUT2D eigenvalue weighted by Crippen LogP contribution is 2.19. The highest BCUT2D eigenvalue weighted by atomic mass is 15.1. The van der Waals surface area contributed by atoms with E-state index in [1.165, 1.54) is 45.0 Å². The van der Waals surface area contributed by atoms with Crippen molar-refractivity contribution >= 4 is 0 Å². The first-order chi connectivity index (χ1) is 21.6.